The Morgan fingerprint density at radius 3 is 2.55 bits per heavy atom. The van der Waals surface area contributed by atoms with Crippen molar-refractivity contribution in [3.05, 3.63) is 18.3 Å². The van der Waals surface area contributed by atoms with Crippen LogP contribution in [-0.4, -0.2) is 40.5 Å². The summed E-state index contributed by atoms with van der Waals surface area (Å²) in [7, 11) is 0. The van der Waals surface area contributed by atoms with E-state index in [1.165, 1.54) is 0 Å². The van der Waals surface area contributed by atoms with E-state index in [2.05, 4.69) is 10.3 Å². The lowest BCUT2D eigenvalue weighted by atomic mass is 9.97. The molecule has 0 saturated carbocycles. The van der Waals surface area contributed by atoms with Gasteiger partial charge in [-0.25, -0.2) is 9.78 Å². The van der Waals surface area contributed by atoms with Crippen molar-refractivity contribution < 1.29 is 14.6 Å². The standard InChI is InChI=1S/C14H21N3O3/c1-13(2,3)20-12(18)16-10-5-6-11(15-7-10)17-8-14(4,19)9-17/h5-7,19H,8-9H2,1-4H3,(H,16,18). The van der Waals surface area contributed by atoms with E-state index in [9.17, 15) is 9.90 Å². The van der Waals surface area contributed by atoms with Crippen LogP contribution in [0, 0.1) is 0 Å². The number of pyridine rings is 1. The highest BCUT2D eigenvalue weighted by Gasteiger charge is 2.37. The Bertz CT molecular complexity index is 483. The van der Waals surface area contributed by atoms with E-state index in [1.54, 1.807) is 19.2 Å². The van der Waals surface area contributed by atoms with Crippen molar-refractivity contribution in [1.82, 2.24) is 4.98 Å². The molecule has 6 heteroatoms. The molecule has 0 radical (unpaired) electrons. The molecule has 1 aliphatic heterocycles. The molecule has 2 rings (SSSR count). The van der Waals surface area contributed by atoms with Crippen LogP contribution in [0.15, 0.2) is 18.3 Å². The van der Waals surface area contributed by atoms with Gasteiger partial charge in [0.25, 0.3) is 0 Å². The molecule has 2 heterocycles. The van der Waals surface area contributed by atoms with E-state index in [1.807, 2.05) is 31.7 Å². The minimum Gasteiger partial charge on any atom is -0.444 e. The monoisotopic (exact) mass is 279 g/mol. The lowest BCUT2D eigenvalue weighted by Gasteiger charge is -2.44. The zero-order valence-electron chi connectivity index (χ0n) is 12.3. The SMILES string of the molecule is CC1(O)CN(c2ccc(NC(=O)OC(C)(C)C)cn2)C1. The predicted octanol–water partition coefficient (Wildman–Crippen LogP) is 2.00. The molecule has 0 spiro atoms. The minimum absolute atomic E-state index is 0.501. The van der Waals surface area contributed by atoms with Crippen molar-refractivity contribution in [2.75, 3.05) is 23.3 Å². The van der Waals surface area contributed by atoms with E-state index < -0.39 is 17.3 Å². The number of carbonyl (C=O) groups is 1. The first kappa shape index (κ1) is 14.6. The van der Waals surface area contributed by atoms with Crippen molar-refractivity contribution in [2.24, 2.45) is 0 Å². The molecule has 1 fully saturated rings. The second-order valence-electron chi connectivity index (χ2n) is 6.38. The molecule has 1 saturated heterocycles. The van der Waals surface area contributed by atoms with Crippen molar-refractivity contribution >= 4 is 17.6 Å². The molecule has 6 nitrogen and oxygen atoms in total. The molecule has 1 amide bonds. The number of nitrogens with zero attached hydrogens (tertiary/aromatic N) is 2. The van der Waals surface area contributed by atoms with Crippen LogP contribution in [-0.2, 0) is 4.74 Å². The number of ether oxygens (including phenoxy) is 1. The highest BCUT2D eigenvalue weighted by molar-refractivity contribution is 5.84. The molecule has 0 atom stereocenters. The van der Waals surface area contributed by atoms with Gasteiger partial charge in [-0.3, -0.25) is 5.32 Å². The van der Waals surface area contributed by atoms with Crippen LogP contribution in [0.5, 0.6) is 0 Å². The number of amides is 1. The number of aliphatic hydroxyl groups is 1. The fraction of sp³-hybridized carbons (Fsp3) is 0.571. The van der Waals surface area contributed by atoms with Gasteiger partial charge in [-0.05, 0) is 39.8 Å². The summed E-state index contributed by atoms with van der Waals surface area (Å²) < 4.78 is 5.16. The molecule has 1 aromatic heterocycles. The Morgan fingerprint density at radius 2 is 2.10 bits per heavy atom. The molecular formula is C14H21N3O3. The molecule has 1 aromatic rings. The van der Waals surface area contributed by atoms with Crippen LogP contribution >= 0.6 is 0 Å². The number of hydrogen-bond donors (Lipinski definition) is 2. The van der Waals surface area contributed by atoms with Gasteiger partial charge in [-0.15, -0.1) is 0 Å². The molecule has 0 unspecified atom stereocenters. The van der Waals surface area contributed by atoms with Crippen molar-refractivity contribution in [3.63, 3.8) is 0 Å². The smallest absolute Gasteiger partial charge is 0.412 e. The van der Waals surface area contributed by atoms with E-state index in [0.29, 0.717) is 18.8 Å². The summed E-state index contributed by atoms with van der Waals surface area (Å²) >= 11 is 0. The molecule has 110 valence electrons. The first-order valence-corrected chi connectivity index (χ1v) is 6.58. The Balaban J connectivity index is 1.91. The van der Waals surface area contributed by atoms with Crippen LogP contribution in [0.4, 0.5) is 16.3 Å². The summed E-state index contributed by atoms with van der Waals surface area (Å²) in [6.45, 7) is 8.36. The highest BCUT2D eigenvalue weighted by atomic mass is 16.6. The highest BCUT2D eigenvalue weighted by Crippen LogP contribution is 2.26. The Kier molecular flexibility index (Phi) is 3.60. The quantitative estimate of drug-likeness (QED) is 0.866. The van der Waals surface area contributed by atoms with Crippen LogP contribution in [0.25, 0.3) is 0 Å². The normalized spacial score (nSPS) is 17.4. The molecule has 1 aliphatic rings. The lowest BCUT2D eigenvalue weighted by Crippen LogP contribution is -2.60. The van der Waals surface area contributed by atoms with Crippen LogP contribution < -0.4 is 10.2 Å². The Morgan fingerprint density at radius 1 is 1.45 bits per heavy atom. The average Bonchev–Trinajstić information content (AvgIpc) is 2.24. The maximum atomic E-state index is 11.6. The second kappa shape index (κ2) is 4.94. The summed E-state index contributed by atoms with van der Waals surface area (Å²) in [5, 5.41) is 12.3. The fourth-order valence-electron chi connectivity index (χ4n) is 2.01. The molecule has 20 heavy (non-hydrogen) atoms. The van der Waals surface area contributed by atoms with Crippen LogP contribution in [0.1, 0.15) is 27.7 Å². The van der Waals surface area contributed by atoms with Gasteiger partial charge in [0.05, 0.1) is 17.5 Å². The molecule has 0 aliphatic carbocycles. The largest absolute Gasteiger partial charge is 0.444 e. The summed E-state index contributed by atoms with van der Waals surface area (Å²) in [6.07, 6.45) is 1.07. The van der Waals surface area contributed by atoms with E-state index >= 15 is 0 Å². The van der Waals surface area contributed by atoms with Crippen molar-refractivity contribution in [1.29, 1.82) is 0 Å². The number of anilines is 2. The van der Waals surface area contributed by atoms with Gasteiger partial charge < -0.3 is 14.7 Å². The predicted molar refractivity (Wildman–Crippen MR) is 76.9 cm³/mol. The number of carbonyl (C=O) groups excluding carboxylic acids is 1. The number of β-amino-alcohol motifs (C(OH)–C–C–N with tert-alkyl or cyclic N) is 1. The molecule has 0 bridgehead atoms. The van der Waals surface area contributed by atoms with Crippen molar-refractivity contribution in [2.45, 2.75) is 38.9 Å². The van der Waals surface area contributed by atoms with Gasteiger partial charge in [0.1, 0.15) is 11.4 Å². The van der Waals surface area contributed by atoms with Crippen LogP contribution in [0.2, 0.25) is 0 Å². The van der Waals surface area contributed by atoms with E-state index in [-0.39, 0.29) is 0 Å². The van der Waals surface area contributed by atoms with E-state index in [0.717, 1.165) is 5.82 Å². The third-order valence-corrected chi connectivity index (χ3v) is 2.78. The average molecular weight is 279 g/mol. The maximum Gasteiger partial charge on any atom is 0.412 e. The molecular weight excluding hydrogens is 258 g/mol. The Hall–Kier alpha value is -1.82. The maximum absolute atomic E-state index is 11.6. The van der Waals surface area contributed by atoms with Gasteiger partial charge in [-0.2, -0.15) is 0 Å². The second-order valence-corrected chi connectivity index (χ2v) is 6.38. The topological polar surface area (TPSA) is 74.7 Å². The number of hydrogen-bond acceptors (Lipinski definition) is 5. The Labute approximate surface area is 118 Å². The minimum atomic E-state index is -0.630. The van der Waals surface area contributed by atoms with E-state index in [4.69, 9.17) is 4.74 Å². The van der Waals surface area contributed by atoms with Gasteiger partial charge in [0.2, 0.25) is 0 Å². The number of aromatic nitrogens is 1. The van der Waals surface area contributed by atoms with Gasteiger partial charge >= 0.3 is 6.09 Å². The zero-order chi connectivity index (χ0) is 15.0. The van der Waals surface area contributed by atoms with Crippen molar-refractivity contribution in [3.8, 4) is 0 Å². The fourth-order valence-corrected chi connectivity index (χ4v) is 2.01. The van der Waals surface area contributed by atoms with Gasteiger partial charge in [0, 0.05) is 13.1 Å². The first-order chi connectivity index (χ1) is 9.15. The third kappa shape index (κ3) is 3.84. The summed E-state index contributed by atoms with van der Waals surface area (Å²) in [5.74, 6) is 0.784. The van der Waals surface area contributed by atoms with Crippen LogP contribution in [0.3, 0.4) is 0 Å². The summed E-state index contributed by atoms with van der Waals surface area (Å²) in [4.78, 5) is 17.8. The molecule has 2 N–H and O–H groups in total. The lowest BCUT2D eigenvalue weighted by molar-refractivity contribution is 0.0305. The summed E-state index contributed by atoms with van der Waals surface area (Å²) in [6, 6.07) is 3.57. The zero-order valence-corrected chi connectivity index (χ0v) is 12.3. The number of nitrogens with one attached hydrogen (secondary N) is 1. The van der Waals surface area contributed by atoms with Gasteiger partial charge in [-0.1, -0.05) is 0 Å². The van der Waals surface area contributed by atoms with Gasteiger partial charge in [0.15, 0.2) is 0 Å². The molecule has 0 aromatic carbocycles. The first-order valence-electron chi connectivity index (χ1n) is 6.58. The third-order valence-electron chi connectivity index (χ3n) is 2.78. The number of rotatable bonds is 2. The summed E-state index contributed by atoms with van der Waals surface area (Å²) in [5.41, 5.74) is -0.578.